The van der Waals surface area contributed by atoms with E-state index in [1.165, 1.54) is 24.5 Å². The third kappa shape index (κ3) is 4.69. The Morgan fingerprint density at radius 2 is 1.73 bits per heavy atom. The number of hydrogen-bond acceptors (Lipinski definition) is 6. The van der Waals surface area contributed by atoms with Crippen molar-refractivity contribution in [3.8, 4) is 0 Å². The van der Waals surface area contributed by atoms with E-state index < -0.39 is 24.4 Å². The third-order valence-corrected chi connectivity index (χ3v) is 5.38. The van der Waals surface area contributed by atoms with E-state index >= 15 is 0 Å². The van der Waals surface area contributed by atoms with Crippen LogP contribution >= 0.6 is 0 Å². The molecule has 0 radical (unpaired) electrons. The van der Waals surface area contributed by atoms with Crippen molar-refractivity contribution in [2.75, 3.05) is 13.2 Å². The van der Waals surface area contributed by atoms with Crippen molar-refractivity contribution in [3.63, 3.8) is 0 Å². The smallest absolute Gasteiger partial charge is 0.338 e. The molecule has 0 bridgehead atoms. The molecular formula is C25H22N2O6. The van der Waals surface area contributed by atoms with Gasteiger partial charge in [-0.2, -0.15) is 0 Å². The molecule has 0 atom stereocenters. The SMILES string of the molecule is CCN(Cc1ccccc1)C(=O)COC(=O)c1ccc2c(c1)C(=O)N(Cc1ccco1)C2=O. The molecule has 0 aliphatic carbocycles. The van der Waals surface area contributed by atoms with Gasteiger partial charge >= 0.3 is 5.97 Å². The van der Waals surface area contributed by atoms with Gasteiger partial charge in [-0.3, -0.25) is 19.3 Å². The number of carbonyl (C=O) groups is 4. The summed E-state index contributed by atoms with van der Waals surface area (Å²) in [7, 11) is 0. The van der Waals surface area contributed by atoms with Gasteiger partial charge in [0, 0.05) is 13.1 Å². The maximum absolute atomic E-state index is 12.7. The van der Waals surface area contributed by atoms with Crippen LogP contribution in [0.15, 0.2) is 71.3 Å². The van der Waals surface area contributed by atoms with Gasteiger partial charge < -0.3 is 14.1 Å². The molecular weight excluding hydrogens is 424 g/mol. The Morgan fingerprint density at radius 1 is 0.970 bits per heavy atom. The van der Waals surface area contributed by atoms with Gasteiger partial charge in [-0.1, -0.05) is 30.3 Å². The average Bonchev–Trinajstić information content (AvgIpc) is 3.44. The highest BCUT2D eigenvalue weighted by Gasteiger charge is 2.36. The molecule has 3 amide bonds. The Hall–Kier alpha value is -4.20. The van der Waals surface area contributed by atoms with Crippen molar-refractivity contribution < 1.29 is 28.3 Å². The summed E-state index contributed by atoms with van der Waals surface area (Å²) in [5.74, 6) is -1.57. The van der Waals surface area contributed by atoms with Crippen LogP contribution in [0.3, 0.4) is 0 Å². The normalized spacial score (nSPS) is 12.6. The number of esters is 1. The maximum atomic E-state index is 12.7. The molecule has 0 fully saturated rings. The number of fused-ring (bicyclic) bond motifs is 1. The number of likely N-dealkylation sites (N-methyl/N-ethyl adjacent to an activating group) is 1. The van der Waals surface area contributed by atoms with E-state index in [2.05, 4.69) is 0 Å². The van der Waals surface area contributed by atoms with Crippen LogP contribution in [0.25, 0.3) is 0 Å². The molecule has 168 valence electrons. The molecule has 1 aliphatic rings. The molecule has 0 spiro atoms. The van der Waals surface area contributed by atoms with Crippen molar-refractivity contribution in [2.24, 2.45) is 0 Å². The Balaban J connectivity index is 1.40. The van der Waals surface area contributed by atoms with Gasteiger partial charge in [-0.25, -0.2) is 4.79 Å². The molecule has 1 aliphatic heterocycles. The summed E-state index contributed by atoms with van der Waals surface area (Å²) >= 11 is 0. The van der Waals surface area contributed by atoms with E-state index in [9.17, 15) is 19.2 Å². The number of hydrogen-bond donors (Lipinski definition) is 0. The van der Waals surface area contributed by atoms with Crippen LogP contribution in [0.2, 0.25) is 0 Å². The monoisotopic (exact) mass is 446 g/mol. The van der Waals surface area contributed by atoms with E-state index in [0.29, 0.717) is 18.8 Å². The summed E-state index contributed by atoms with van der Waals surface area (Å²) in [5, 5.41) is 0. The van der Waals surface area contributed by atoms with Gasteiger partial charge in [-0.05, 0) is 42.8 Å². The maximum Gasteiger partial charge on any atom is 0.338 e. The minimum atomic E-state index is -0.744. The van der Waals surface area contributed by atoms with Crippen LogP contribution in [0.5, 0.6) is 0 Å². The van der Waals surface area contributed by atoms with E-state index in [-0.39, 0.29) is 29.1 Å². The van der Waals surface area contributed by atoms with Gasteiger partial charge in [0.05, 0.1) is 29.5 Å². The highest BCUT2D eigenvalue weighted by molar-refractivity contribution is 6.21. The fourth-order valence-electron chi connectivity index (χ4n) is 3.60. The summed E-state index contributed by atoms with van der Waals surface area (Å²) in [6, 6.07) is 17.0. The molecule has 0 N–H and O–H groups in total. The summed E-state index contributed by atoms with van der Waals surface area (Å²) in [5.41, 5.74) is 1.39. The second kappa shape index (κ2) is 9.52. The lowest BCUT2D eigenvalue weighted by Crippen LogP contribution is -2.34. The lowest BCUT2D eigenvalue weighted by molar-refractivity contribution is -0.134. The van der Waals surface area contributed by atoms with Gasteiger partial charge in [-0.15, -0.1) is 0 Å². The molecule has 0 unspecified atom stereocenters. The van der Waals surface area contributed by atoms with Crippen molar-refractivity contribution in [1.29, 1.82) is 0 Å². The highest BCUT2D eigenvalue weighted by Crippen LogP contribution is 2.26. The number of furan rings is 1. The van der Waals surface area contributed by atoms with Crippen molar-refractivity contribution >= 4 is 23.7 Å². The molecule has 3 aromatic rings. The third-order valence-electron chi connectivity index (χ3n) is 5.38. The van der Waals surface area contributed by atoms with Crippen LogP contribution in [-0.4, -0.2) is 46.6 Å². The van der Waals surface area contributed by atoms with Crippen LogP contribution in [0, 0.1) is 0 Å². The van der Waals surface area contributed by atoms with Crippen LogP contribution in [0.1, 0.15) is 49.3 Å². The Morgan fingerprint density at radius 3 is 2.42 bits per heavy atom. The Kier molecular flexibility index (Phi) is 6.35. The van der Waals surface area contributed by atoms with Crippen LogP contribution < -0.4 is 0 Å². The van der Waals surface area contributed by atoms with Crippen LogP contribution in [-0.2, 0) is 22.6 Å². The fourth-order valence-corrected chi connectivity index (χ4v) is 3.60. The molecule has 1 aromatic heterocycles. The topological polar surface area (TPSA) is 97.1 Å². The molecule has 0 saturated heterocycles. The predicted octanol–water partition coefficient (Wildman–Crippen LogP) is 3.28. The van der Waals surface area contributed by atoms with Crippen molar-refractivity contribution in [3.05, 3.63) is 94.9 Å². The van der Waals surface area contributed by atoms with Crippen LogP contribution in [0.4, 0.5) is 0 Å². The minimum absolute atomic E-state index is 0.00188. The van der Waals surface area contributed by atoms with E-state index in [4.69, 9.17) is 9.15 Å². The standard InChI is InChI=1S/C25H22N2O6/c1-2-26(14-17-7-4-3-5-8-17)22(28)16-33-25(31)18-10-11-20-21(13-18)24(30)27(23(20)29)15-19-9-6-12-32-19/h3-13H,2,14-16H2,1H3. The zero-order valence-corrected chi connectivity index (χ0v) is 18.0. The first-order chi connectivity index (χ1) is 16.0. The molecule has 0 saturated carbocycles. The van der Waals surface area contributed by atoms with E-state index in [1.54, 1.807) is 17.0 Å². The molecule has 8 nitrogen and oxygen atoms in total. The zero-order chi connectivity index (χ0) is 23.4. The first-order valence-electron chi connectivity index (χ1n) is 10.5. The van der Waals surface area contributed by atoms with Crippen molar-refractivity contribution in [1.82, 2.24) is 9.80 Å². The summed E-state index contributed by atoms with van der Waals surface area (Å²) in [4.78, 5) is 53.0. The number of rotatable bonds is 8. The Bertz CT molecular complexity index is 1190. The Labute approximate surface area is 190 Å². The molecule has 33 heavy (non-hydrogen) atoms. The van der Waals surface area contributed by atoms with Crippen molar-refractivity contribution in [2.45, 2.75) is 20.0 Å². The largest absolute Gasteiger partial charge is 0.467 e. The number of nitrogens with zero attached hydrogens (tertiary/aromatic N) is 2. The predicted molar refractivity (Wildman–Crippen MR) is 117 cm³/mol. The van der Waals surface area contributed by atoms with Gasteiger partial charge in [0.1, 0.15) is 5.76 Å². The van der Waals surface area contributed by atoms with E-state index in [1.807, 2.05) is 37.3 Å². The lowest BCUT2D eigenvalue weighted by Gasteiger charge is -2.20. The molecule has 8 heteroatoms. The van der Waals surface area contributed by atoms with Gasteiger partial charge in [0.2, 0.25) is 0 Å². The van der Waals surface area contributed by atoms with Gasteiger partial charge in [0.15, 0.2) is 6.61 Å². The molecule has 4 rings (SSSR count). The average molecular weight is 446 g/mol. The first kappa shape index (κ1) is 22.0. The molecule has 2 heterocycles. The van der Waals surface area contributed by atoms with Gasteiger partial charge in [0.25, 0.3) is 17.7 Å². The molecule has 2 aromatic carbocycles. The second-order valence-electron chi connectivity index (χ2n) is 7.51. The minimum Gasteiger partial charge on any atom is -0.467 e. The number of ether oxygens (including phenoxy) is 1. The fraction of sp³-hybridized carbons (Fsp3) is 0.200. The summed E-state index contributed by atoms with van der Waals surface area (Å²) in [6.45, 7) is 2.30. The lowest BCUT2D eigenvalue weighted by atomic mass is 10.1. The number of imide groups is 1. The quantitative estimate of drug-likeness (QED) is 0.389. The van der Waals surface area contributed by atoms with E-state index in [0.717, 1.165) is 10.5 Å². The summed E-state index contributed by atoms with van der Waals surface area (Å²) < 4.78 is 10.4. The second-order valence-corrected chi connectivity index (χ2v) is 7.51. The first-order valence-corrected chi connectivity index (χ1v) is 10.5. The summed E-state index contributed by atoms with van der Waals surface area (Å²) in [6.07, 6.45) is 1.46. The zero-order valence-electron chi connectivity index (χ0n) is 18.0. The number of carbonyl (C=O) groups excluding carboxylic acids is 4. The number of benzene rings is 2. The highest BCUT2D eigenvalue weighted by atomic mass is 16.5. The number of amides is 3.